The molecule has 118 valence electrons. The molecule has 0 radical (unpaired) electrons. The topological polar surface area (TPSA) is 62.3 Å². The van der Waals surface area contributed by atoms with Gasteiger partial charge < -0.3 is 10.2 Å². The zero-order valence-corrected chi connectivity index (χ0v) is 14.0. The Balaban J connectivity index is 1.68. The van der Waals surface area contributed by atoms with Crippen LogP contribution in [0.3, 0.4) is 0 Å². The molecule has 3 rings (SSSR count). The number of halogens is 1. The monoisotopic (exact) mass is 373 g/mol. The van der Waals surface area contributed by atoms with Crippen LogP contribution in [0, 0.1) is 0 Å². The largest absolute Gasteiger partial charge is 0.348 e. The molecular weight excluding hydrogens is 358 g/mol. The van der Waals surface area contributed by atoms with Gasteiger partial charge in [-0.25, -0.2) is 0 Å². The fourth-order valence-electron chi connectivity index (χ4n) is 2.56. The van der Waals surface area contributed by atoms with Crippen LogP contribution in [0.15, 0.2) is 47.2 Å². The third-order valence-corrected chi connectivity index (χ3v) is 4.43. The minimum absolute atomic E-state index is 0.126. The van der Waals surface area contributed by atoms with E-state index >= 15 is 0 Å². The fourth-order valence-corrected chi connectivity index (χ4v) is 3.03. The van der Waals surface area contributed by atoms with E-state index in [4.69, 9.17) is 0 Å². The summed E-state index contributed by atoms with van der Waals surface area (Å²) in [6.07, 6.45) is 4.84. The quantitative estimate of drug-likeness (QED) is 0.895. The lowest BCUT2D eigenvalue weighted by atomic mass is 10.2. The van der Waals surface area contributed by atoms with Gasteiger partial charge in [-0.15, -0.1) is 0 Å². The second-order valence-corrected chi connectivity index (χ2v) is 6.22. The summed E-state index contributed by atoms with van der Waals surface area (Å²) in [5.41, 5.74) is 2.24. The summed E-state index contributed by atoms with van der Waals surface area (Å²) in [6, 6.07) is 9.17. The van der Waals surface area contributed by atoms with Gasteiger partial charge in [-0.1, -0.05) is 12.1 Å². The van der Waals surface area contributed by atoms with Gasteiger partial charge in [0.1, 0.15) is 0 Å². The maximum absolute atomic E-state index is 12.2. The number of anilines is 1. The number of amides is 2. The summed E-state index contributed by atoms with van der Waals surface area (Å²) < 4.78 is 0.757. The molecular formula is C17H16BrN3O2. The first kappa shape index (κ1) is 15.7. The van der Waals surface area contributed by atoms with Crippen LogP contribution in [0.4, 0.5) is 5.69 Å². The molecule has 2 amide bonds. The Labute approximate surface area is 142 Å². The van der Waals surface area contributed by atoms with Crippen molar-refractivity contribution in [3.63, 3.8) is 0 Å². The standard InChI is InChI=1S/C17H16BrN3O2/c18-15-5-2-1-4-14(15)17(23)20-10-12-8-13(11-19-9-12)21-7-3-6-16(21)22/h1-2,4-5,8-9,11H,3,6-7,10H2,(H,20,23). The minimum Gasteiger partial charge on any atom is -0.348 e. The first-order valence-corrected chi connectivity index (χ1v) is 8.21. The summed E-state index contributed by atoms with van der Waals surface area (Å²) in [7, 11) is 0. The maximum atomic E-state index is 12.2. The van der Waals surface area contributed by atoms with Crippen LogP contribution in [-0.4, -0.2) is 23.3 Å². The van der Waals surface area contributed by atoms with Gasteiger partial charge in [0.05, 0.1) is 17.4 Å². The van der Waals surface area contributed by atoms with Crippen LogP contribution in [0.25, 0.3) is 0 Å². The summed E-state index contributed by atoms with van der Waals surface area (Å²) in [5, 5.41) is 2.87. The van der Waals surface area contributed by atoms with E-state index in [0.29, 0.717) is 18.5 Å². The Morgan fingerprint density at radius 2 is 2.13 bits per heavy atom. The third kappa shape index (κ3) is 3.59. The van der Waals surface area contributed by atoms with E-state index < -0.39 is 0 Å². The van der Waals surface area contributed by atoms with Crippen LogP contribution in [-0.2, 0) is 11.3 Å². The van der Waals surface area contributed by atoms with E-state index in [9.17, 15) is 9.59 Å². The van der Waals surface area contributed by atoms with Gasteiger partial charge in [0, 0.05) is 30.2 Å². The minimum atomic E-state index is -0.153. The second kappa shape index (κ2) is 6.91. The molecule has 0 saturated carbocycles. The molecule has 1 aromatic heterocycles. The van der Waals surface area contributed by atoms with Crippen molar-refractivity contribution in [3.05, 3.63) is 58.3 Å². The number of nitrogens with one attached hydrogen (secondary N) is 1. The van der Waals surface area contributed by atoms with Gasteiger partial charge in [-0.05, 0) is 46.1 Å². The van der Waals surface area contributed by atoms with Crippen LogP contribution < -0.4 is 10.2 Å². The molecule has 1 aliphatic heterocycles. The lowest BCUT2D eigenvalue weighted by Gasteiger charge is -2.16. The van der Waals surface area contributed by atoms with Gasteiger partial charge in [-0.2, -0.15) is 0 Å². The van der Waals surface area contributed by atoms with Crippen molar-refractivity contribution in [1.82, 2.24) is 10.3 Å². The predicted octanol–water partition coefficient (Wildman–Crippen LogP) is 2.90. The summed E-state index contributed by atoms with van der Waals surface area (Å²) >= 11 is 3.37. The Bertz CT molecular complexity index is 748. The van der Waals surface area contributed by atoms with Gasteiger partial charge >= 0.3 is 0 Å². The Hall–Kier alpha value is -2.21. The molecule has 1 N–H and O–H groups in total. The molecule has 1 saturated heterocycles. The highest BCUT2D eigenvalue weighted by molar-refractivity contribution is 9.10. The van der Waals surface area contributed by atoms with Crippen molar-refractivity contribution in [2.75, 3.05) is 11.4 Å². The van der Waals surface area contributed by atoms with Crippen LogP contribution in [0.1, 0.15) is 28.8 Å². The number of benzene rings is 1. The van der Waals surface area contributed by atoms with Gasteiger partial charge in [0.15, 0.2) is 0 Å². The van der Waals surface area contributed by atoms with Crippen molar-refractivity contribution in [3.8, 4) is 0 Å². The molecule has 6 heteroatoms. The van der Waals surface area contributed by atoms with Gasteiger partial charge in [0.25, 0.3) is 5.91 Å². The molecule has 1 fully saturated rings. The maximum Gasteiger partial charge on any atom is 0.252 e. The average Bonchev–Trinajstić information content (AvgIpc) is 2.99. The molecule has 1 aromatic carbocycles. The molecule has 0 unspecified atom stereocenters. The van der Waals surface area contributed by atoms with Crippen molar-refractivity contribution in [1.29, 1.82) is 0 Å². The van der Waals surface area contributed by atoms with Crippen molar-refractivity contribution in [2.24, 2.45) is 0 Å². The lowest BCUT2D eigenvalue weighted by Crippen LogP contribution is -2.25. The summed E-state index contributed by atoms with van der Waals surface area (Å²) in [4.78, 5) is 29.9. The van der Waals surface area contributed by atoms with Crippen LogP contribution in [0.2, 0.25) is 0 Å². The third-order valence-electron chi connectivity index (χ3n) is 3.74. The van der Waals surface area contributed by atoms with E-state index in [1.807, 2.05) is 24.3 Å². The van der Waals surface area contributed by atoms with Gasteiger partial charge in [0.2, 0.25) is 5.91 Å². The normalized spacial score (nSPS) is 14.1. The number of nitrogens with zero attached hydrogens (tertiary/aromatic N) is 2. The average molecular weight is 374 g/mol. The molecule has 1 aliphatic rings. The molecule has 0 aliphatic carbocycles. The highest BCUT2D eigenvalue weighted by atomic mass is 79.9. The molecule has 5 nitrogen and oxygen atoms in total. The Morgan fingerprint density at radius 3 is 2.87 bits per heavy atom. The highest BCUT2D eigenvalue weighted by Crippen LogP contribution is 2.21. The smallest absolute Gasteiger partial charge is 0.252 e. The second-order valence-electron chi connectivity index (χ2n) is 5.36. The van der Waals surface area contributed by atoms with Crippen LogP contribution in [0.5, 0.6) is 0 Å². The Kier molecular flexibility index (Phi) is 4.71. The van der Waals surface area contributed by atoms with E-state index in [2.05, 4.69) is 26.2 Å². The van der Waals surface area contributed by atoms with E-state index in [-0.39, 0.29) is 11.8 Å². The molecule has 0 bridgehead atoms. The van der Waals surface area contributed by atoms with Crippen molar-refractivity contribution < 1.29 is 9.59 Å². The molecule has 2 aromatic rings. The zero-order chi connectivity index (χ0) is 16.2. The molecule has 0 atom stereocenters. The van der Waals surface area contributed by atoms with Crippen molar-refractivity contribution >= 4 is 33.4 Å². The first-order valence-electron chi connectivity index (χ1n) is 7.42. The summed E-state index contributed by atoms with van der Waals surface area (Å²) in [6.45, 7) is 1.09. The number of aromatic nitrogens is 1. The SMILES string of the molecule is O=C(NCc1cncc(N2CCCC2=O)c1)c1ccccc1Br. The number of hydrogen-bond donors (Lipinski definition) is 1. The zero-order valence-electron chi connectivity index (χ0n) is 12.5. The van der Waals surface area contributed by atoms with E-state index in [1.54, 1.807) is 23.4 Å². The molecule has 0 spiro atoms. The number of carbonyl (C=O) groups is 2. The molecule has 23 heavy (non-hydrogen) atoms. The predicted molar refractivity (Wildman–Crippen MR) is 91.1 cm³/mol. The van der Waals surface area contributed by atoms with E-state index in [1.165, 1.54) is 0 Å². The number of rotatable bonds is 4. The summed E-state index contributed by atoms with van der Waals surface area (Å²) in [5.74, 6) is -0.0265. The fraction of sp³-hybridized carbons (Fsp3) is 0.235. The number of pyridine rings is 1. The van der Waals surface area contributed by atoms with E-state index in [0.717, 1.165) is 28.7 Å². The lowest BCUT2D eigenvalue weighted by molar-refractivity contribution is -0.117. The Morgan fingerprint density at radius 1 is 1.30 bits per heavy atom. The highest BCUT2D eigenvalue weighted by Gasteiger charge is 2.22. The number of hydrogen-bond acceptors (Lipinski definition) is 3. The number of carbonyl (C=O) groups excluding carboxylic acids is 2. The van der Waals surface area contributed by atoms with Crippen molar-refractivity contribution in [2.45, 2.75) is 19.4 Å². The molecule has 2 heterocycles. The van der Waals surface area contributed by atoms with Gasteiger partial charge in [-0.3, -0.25) is 14.6 Å². The first-order chi connectivity index (χ1) is 11.1. The van der Waals surface area contributed by atoms with Crippen LogP contribution >= 0.6 is 15.9 Å².